The van der Waals surface area contributed by atoms with E-state index in [4.69, 9.17) is 4.74 Å². The molecule has 0 amide bonds. The van der Waals surface area contributed by atoms with Crippen molar-refractivity contribution in [1.82, 2.24) is 0 Å². The van der Waals surface area contributed by atoms with Gasteiger partial charge in [0.2, 0.25) is 0 Å². The molecule has 0 aliphatic heterocycles. The molecule has 0 radical (unpaired) electrons. The molecule has 1 nitrogen and oxygen atoms in total. The molecule has 0 aromatic heterocycles. The van der Waals surface area contributed by atoms with E-state index in [0.717, 1.165) is 25.2 Å². The molecule has 0 N–H and O–H groups in total. The fraction of sp³-hybridized carbons (Fsp3) is 0.400. The van der Waals surface area contributed by atoms with Crippen LogP contribution in [0.4, 0.5) is 0 Å². The molecule has 0 fully saturated rings. The van der Waals surface area contributed by atoms with Gasteiger partial charge in [0, 0.05) is 0 Å². The van der Waals surface area contributed by atoms with Gasteiger partial charge in [-0.2, -0.15) is 0 Å². The molecule has 2 aromatic rings. The topological polar surface area (TPSA) is 9.23 Å². The highest BCUT2D eigenvalue weighted by molar-refractivity contribution is 5.27. The van der Waals surface area contributed by atoms with Gasteiger partial charge in [-0.15, -0.1) is 0 Å². The van der Waals surface area contributed by atoms with E-state index in [2.05, 4.69) is 61.5 Å². The Morgan fingerprint density at radius 2 is 1.38 bits per heavy atom. The van der Waals surface area contributed by atoms with Gasteiger partial charge in [-0.1, -0.05) is 55.8 Å². The lowest BCUT2D eigenvalue weighted by Crippen LogP contribution is -1.98. The van der Waals surface area contributed by atoms with E-state index in [1.807, 2.05) is 0 Å². The summed E-state index contributed by atoms with van der Waals surface area (Å²) in [6, 6.07) is 19.2. The highest BCUT2D eigenvalue weighted by atomic mass is 16.5. The van der Waals surface area contributed by atoms with Crippen molar-refractivity contribution in [3.63, 3.8) is 0 Å². The lowest BCUT2D eigenvalue weighted by Gasteiger charge is -2.07. The number of benzene rings is 2. The smallest absolute Gasteiger partial charge is 0.119 e. The summed E-state index contributed by atoms with van der Waals surface area (Å²) in [7, 11) is 0. The Labute approximate surface area is 129 Å². The third-order valence-corrected chi connectivity index (χ3v) is 3.71. The second kappa shape index (κ2) is 9.23. The molecule has 1 heteroatoms. The normalized spacial score (nSPS) is 10.5. The van der Waals surface area contributed by atoms with Crippen molar-refractivity contribution in [2.75, 3.05) is 6.61 Å². The molecule has 0 aliphatic rings. The maximum Gasteiger partial charge on any atom is 0.119 e. The van der Waals surface area contributed by atoms with E-state index in [0.29, 0.717) is 0 Å². The Bertz CT molecular complexity index is 487. The van der Waals surface area contributed by atoms with Crippen molar-refractivity contribution >= 4 is 0 Å². The van der Waals surface area contributed by atoms with E-state index in [9.17, 15) is 0 Å². The quantitative estimate of drug-likeness (QED) is 0.557. The molecule has 0 spiro atoms. The van der Waals surface area contributed by atoms with Gasteiger partial charge in [0.05, 0.1) is 6.61 Å². The van der Waals surface area contributed by atoms with Gasteiger partial charge in [-0.3, -0.25) is 0 Å². The summed E-state index contributed by atoms with van der Waals surface area (Å²) in [4.78, 5) is 0. The summed E-state index contributed by atoms with van der Waals surface area (Å²) in [6.45, 7) is 3.04. The predicted octanol–water partition coefficient (Wildman–Crippen LogP) is 5.43. The average Bonchev–Trinajstić information content (AvgIpc) is 2.55. The Hall–Kier alpha value is -1.76. The molecule has 0 atom stereocenters. The molecule has 0 unspecified atom stereocenters. The van der Waals surface area contributed by atoms with E-state index >= 15 is 0 Å². The molecular weight excluding hydrogens is 256 g/mol. The lowest BCUT2D eigenvalue weighted by atomic mass is 10.1. The molecule has 0 heterocycles. The molecule has 2 rings (SSSR count). The van der Waals surface area contributed by atoms with Crippen LogP contribution in [0.1, 0.15) is 43.7 Å². The second-order valence-electron chi connectivity index (χ2n) is 5.54. The van der Waals surface area contributed by atoms with Crippen molar-refractivity contribution in [2.45, 2.75) is 45.4 Å². The van der Waals surface area contributed by atoms with Gasteiger partial charge in [0.1, 0.15) is 5.75 Å². The van der Waals surface area contributed by atoms with Crippen molar-refractivity contribution in [3.05, 3.63) is 65.7 Å². The lowest BCUT2D eigenvalue weighted by molar-refractivity contribution is 0.307. The number of hydrogen-bond donors (Lipinski definition) is 0. The molecular formula is C20H26O. The minimum Gasteiger partial charge on any atom is -0.494 e. The van der Waals surface area contributed by atoms with Crippen LogP contribution in [0.3, 0.4) is 0 Å². The SMILES string of the molecule is CCCCc1ccc(OCCCCc2ccccc2)cc1. The highest BCUT2D eigenvalue weighted by Gasteiger charge is 1.97. The first kappa shape index (κ1) is 15.6. The third kappa shape index (κ3) is 6.03. The Morgan fingerprint density at radius 1 is 0.714 bits per heavy atom. The largest absolute Gasteiger partial charge is 0.494 e. The molecule has 0 saturated heterocycles. The molecule has 21 heavy (non-hydrogen) atoms. The van der Waals surface area contributed by atoms with Crippen LogP contribution >= 0.6 is 0 Å². The van der Waals surface area contributed by atoms with E-state index < -0.39 is 0 Å². The van der Waals surface area contributed by atoms with Crippen LogP contribution in [0.15, 0.2) is 54.6 Å². The van der Waals surface area contributed by atoms with Crippen molar-refractivity contribution in [2.24, 2.45) is 0 Å². The zero-order valence-corrected chi connectivity index (χ0v) is 13.1. The molecule has 112 valence electrons. The summed E-state index contributed by atoms with van der Waals surface area (Å²) in [6.07, 6.45) is 7.11. The summed E-state index contributed by atoms with van der Waals surface area (Å²) >= 11 is 0. The van der Waals surface area contributed by atoms with Crippen LogP contribution in [-0.4, -0.2) is 6.61 Å². The second-order valence-corrected chi connectivity index (χ2v) is 5.54. The molecule has 0 saturated carbocycles. The van der Waals surface area contributed by atoms with Gasteiger partial charge in [0.25, 0.3) is 0 Å². The van der Waals surface area contributed by atoms with Gasteiger partial charge in [-0.05, 0) is 55.4 Å². The number of hydrogen-bond acceptors (Lipinski definition) is 1. The van der Waals surface area contributed by atoms with E-state index in [-0.39, 0.29) is 0 Å². The summed E-state index contributed by atoms with van der Waals surface area (Å²) < 4.78 is 5.80. The summed E-state index contributed by atoms with van der Waals surface area (Å²) in [5.74, 6) is 0.995. The number of rotatable bonds is 9. The first-order chi connectivity index (χ1) is 10.4. The monoisotopic (exact) mass is 282 g/mol. The van der Waals surface area contributed by atoms with Crippen LogP contribution in [-0.2, 0) is 12.8 Å². The first-order valence-corrected chi connectivity index (χ1v) is 8.14. The van der Waals surface area contributed by atoms with Crippen LogP contribution in [0, 0.1) is 0 Å². The average molecular weight is 282 g/mol. The summed E-state index contributed by atoms with van der Waals surface area (Å²) in [5, 5.41) is 0. The number of unbranched alkanes of at least 4 members (excludes halogenated alkanes) is 2. The van der Waals surface area contributed by atoms with Gasteiger partial charge >= 0.3 is 0 Å². The standard InChI is InChI=1S/C20H26O/c1-2-3-9-19-13-15-20(16-14-19)21-17-8-7-12-18-10-5-4-6-11-18/h4-6,10-11,13-16H,2-3,7-9,12,17H2,1H3. The summed E-state index contributed by atoms with van der Waals surface area (Å²) in [5.41, 5.74) is 2.83. The Kier molecular flexibility index (Phi) is 6.87. The Morgan fingerprint density at radius 3 is 2.10 bits per heavy atom. The van der Waals surface area contributed by atoms with Gasteiger partial charge in [-0.25, -0.2) is 0 Å². The van der Waals surface area contributed by atoms with Crippen LogP contribution < -0.4 is 4.74 Å². The minimum absolute atomic E-state index is 0.807. The van der Waals surface area contributed by atoms with Gasteiger partial charge in [0.15, 0.2) is 0 Å². The highest BCUT2D eigenvalue weighted by Crippen LogP contribution is 2.14. The maximum atomic E-state index is 5.80. The minimum atomic E-state index is 0.807. The van der Waals surface area contributed by atoms with Crippen LogP contribution in [0.5, 0.6) is 5.75 Å². The predicted molar refractivity (Wildman–Crippen MR) is 89.9 cm³/mol. The first-order valence-electron chi connectivity index (χ1n) is 8.14. The Balaban J connectivity index is 1.62. The fourth-order valence-electron chi connectivity index (χ4n) is 2.40. The fourth-order valence-corrected chi connectivity index (χ4v) is 2.40. The number of ether oxygens (including phenoxy) is 1. The van der Waals surface area contributed by atoms with E-state index in [1.54, 1.807) is 0 Å². The zero-order valence-electron chi connectivity index (χ0n) is 13.1. The molecule has 2 aromatic carbocycles. The van der Waals surface area contributed by atoms with Crippen molar-refractivity contribution < 1.29 is 4.74 Å². The van der Waals surface area contributed by atoms with Gasteiger partial charge < -0.3 is 4.74 Å². The third-order valence-electron chi connectivity index (χ3n) is 3.71. The van der Waals surface area contributed by atoms with Crippen LogP contribution in [0.25, 0.3) is 0 Å². The van der Waals surface area contributed by atoms with E-state index in [1.165, 1.54) is 36.8 Å². The van der Waals surface area contributed by atoms with Crippen molar-refractivity contribution in [1.29, 1.82) is 0 Å². The molecule has 0 bridgehead atoms. The molecule has 0 aliphatic carbocycles. The van der Waals surface area contributed by atoms with Crippen LogP contribution in [0.2, 0.25) is 0 Å². The maximum absolute atomic E-state index is 5.80. The van der Waals surface area contributed by atoms with Crippen molar-refractivity contribution in [3.8, 4) is 5.75 Å². The number of aryl methyl sites for hydroxylation is 2. The zero-order chi connectivity index (χ0) is 14.8.